The van der Waals surface area contributed by atoms with Crippen molar-refractivity contribution in [2.75, 3.05) is 0 Å². The molecule has 0 amide bonds. The summed E-state index contributed by atoms with van der Waals surface area (Å²) in [6, 6.07) is -0.886. The third kappa shape index (κ3) is 5.46. The zero-order valence-corrected chi connectivity index (χ0v) is 15.2. The van der Waals surface area contributed by atoms with Gasteiger partial charge in [-0.3, -0.25) is 9.59 Å². The summed E-state index contributed by atoms with van der Waals surface area (Å²) in [5.74, 6) is -0.518. The average Bonchev–Trinajstić information content (AvgIpc) is 2.79. The summed E-state index contributed by atoms with van der Waals surface area (Å²) < 4.78 is 7.37. The van der Waals surface area contributed by atoms with E-state index in [0.717, 1.165) is 5.69 Å². The molecule has 0 aliphatic heterocycles. The Balaban J connectivity index is 3.00. The highest BCUT2D eigenvalue weighted by atomic mass is 16.5. The smallest absolute Gasteiger partial charge is 0.311 e. The molecule has 130 valence electrons. The number of carbonyl (C=O) groups excluding carboxylic acids is 2. The Morgan fingerprint density at radius 1 is 1.22 bits per heavy atom. The number of hydrogen-bond donors (Lipinski definition) is 1. The second-order valence-electron chi connectivity index (χ2n) is 8.07. The molecule has 6 heteroatoms. The van der Waals surface area contributed by atoms with Crippen molar-refractivity contribution in [3.8, 4) is 0 Å². The molecule has 0 spiro atoms. The minimum absolute atomic E-state index is 0.139. The molecule has 1 aromatic rings. The fourth-order valence-corrected chi connectivity index (χ4v) is 2.00. The maximum Gasteiger partial charge on any atom is 0.311 e. The largest absolute Gasteiger partial charge is 0.459 e. The molecule has 2 N–H and O–H groups in total. The van der Waals surface area contributed by atoms with Gasteiger partial charge in [0.1, 0.15) is 12.1 Å². The minimum Gasteiger partial charge on any atom is -0.459 e. The number of ether oxygens (including phenoxy) is 1. The highest BCUT2D eigenvalue weighted by Gasteiger charge is 2.37. The number of Topliss-reactive ketones (excluding diaryl/α,β-unsaturated/α-hetero) is 1. The number of imidazole rings is 1. The normalized spacial score (nSPS) is 15.1. The van der Waals surface area contributed by atoms with Crippen LogP contribution in [-0.4, -0.2) is 33.4 Å². The van der Waals surface area contributed by atoms with E-state index >= 15 is 0 Å². The van der Waals surface area contributed by atoms with Crippen LogP contribution in [0.25, 0.3) is 0 Å². The van der Waals surface area contributed by atoms with Crippen LogP contribution in [-0.2, 0) is 27.8 Å². The molecule has 2 unspecified atom stereocenters. The SMILES string of the molecule is Cn1cnc(CC(OC(=O)C(C)(C)C)C(N)C(=O)C(C)(C)C)c1. The highest BCUT2D eigenvalue weighted by molar-refractivity contribution is 5.89. The summed E-state index contributed by atoms with van der Waals surface area (Å²) in [5.41, 5.74) is 5.60. The van der Waals surface area contributed by atoms with Crippen LogP contribution in [0.2, 0.25) is 0 Å². The van der Waals surface area contributed by atoms with E-state index in [1.807, 2.05) is 13.2 Å². The topological polar surface area (TPSA) is 87.2 Å². The number of esters is 1. The molecule has 1 aromatic heterocycles. The molecule has 0 aromatic carbocycles. The van der Waals surface area contributed by atoms with Gasteiger partial charge in [-0.2, -0.15) is 0 Å². The Hall–Kier alpha value is -1.69. The van der Waals surface area contributed by atoms with Gasteiger partial charge >= 0.3 is 5.97 Å². The van der Waals surface area contributed by atoms with E-state index < -0.39 is 23.0 Å². The standard InChI is InChI=1S/C17H29N3O3/c1-16(2,3)14(21)13(18)12(23-15(22)17(4,5)6)8-11-9-20(7)10-19-11/h9-10,12-13H,8,18H2,1-7H3. The lowest BCUT2D eigenvalue weighted by Gasteiger charge is -2.30. The number of ketones is 1. The second kappa shape index (κ2) is 6.83. The summed E-state index contributed by atoms with van der Waals surface area (Å²) in [6.45, 7) is 10.7. The van der Waals surface area contributed by atoms with Gasteiger partial charge in [0.2, 0.25) is 0 Å². The lowest BCUT2D eigenvalue weighted by molar-refractivity contribution is -0.161. The number of aryl methyl sites for hydroxylation is 1. The number of nitrogens with two attached hydrogens (primary N) is 1. The fourth-order valence-electron chi connectivity index (χ4n) is 2.00. The van der Waals surface area contributed by atoms with Crippen LogP contribution in [0.5, 0.6) is 0 Å². The first kappa shape index (κ1) is 19.4. The first-order valence-electron chi connectivity index (χ1n) is 7.80. The van der Waals surface area contributed by atoms with Crippen LogP contribution in [0.4, 0.5) is 0 Å². The average molecular weight is 323 g/mol. The molecular formula is C17H29N3O3. The summed E-state index contributed by atoms with van der Waals surface area (Å²) in [5, 5.41) is 0. The van der Waals surface area contributed by atoms with Crippen molar-refractivity contribution < 1.29 is 14.3 Å². The van der Waals surface area contributed by atoms with Crippen molar-refractivity contribution in [3.05, 3.63) is 18.2 Å². The van der Waals surface area contributed by atoms with Gasteiger partial charge in [0.15, 0.2) is 5.78 Å². The van der Waals surface area contributed by atoms with Gasteiger partial charge in [0.05, 0.1) is 17.4 Å². The molecule has 6 nitrogen and oxygen atoms in total. The zero-order chi connectivity index (χ0) is 18.0. The van der Waals surface area contributed by atoms with E-state index in [0.29, 0.717) is 6.42 Å². The molecule has 0 saturated heterocycles. The van der Waals surface area contributed by atoms with Crippen molar-refractivity contribution in [2.24, 2.45) is 23.6 Å². The molecule has 0 aliphatic rings. The molecule has 0 radical (unpaired) electrons. The maximum absolute atomic E-state index is 12.5. The number of nitrogens with zero attached hydrogens (tertiary/aromatic N) is 2. The van der Waals surface area contributed by atoms with Gasteiger partial charge in [0.25, 0.3) is 0 Å². The van der Waals surface area contributed by atoms with Gasteiger partial charge in [-0.25, -0.2) is 4.98 Å². The lowest BCUT2D eigenvalue weighted by atomic mass is 9.84. The van der Waals surface area contributed by atoms with Crippen LogP contribution in [0.15, 0.2) is 12.5 Å². The van der Waals surface area contributed by atoms with Crippen LogP contribution in [0.3, 0.4) is 0 Å². The van der Waals surface area contributed by atoms with Crippen molar-refractivity contribution in [3.63, 3.8) is 0 Å². The minimum atomic E-state index is -0.886. The molecule has 23 heavy (non-hydrogen) atoms. The van der Waals surface area contributed by atoms with E-state index in [-0.39, 0.29) is 11.8 Å². The fraction of sp³-hybridized carbons (Fsp3) is 0.706. The summed E-state index contributed by atoms with van der Waals surface area (Å²) >= 11 is 0. The van der Waals surface area contributed by atoms with Crippen molar-refractivity contribution in [1.29, 1.82) is 0 Å². The number of carbonyl (C=O) groups is 2. The van der Waals surface area contributed by atoms with E-state index in [1.165, 1.54) is 0 Å². The Kier molecular flexibility index (Phi) is 5.74. The van der Waals surface area contributed by atoms with Crippen LogP contribution < -0.4 is 5.73 Å². The van der Waals surface area contributed by atoms with Gasteiger partial charge in [-0.05, 0) is 20.8 Å². The van der Waals surface area contributed by atoms with Crippen molar-refractivity contribution in [2.45, 2.75) is 60.1 Å². The van der Waals surface area contributed by atoms with Crippen molar-refractivity contribution >= 4 is 11.8 Å². The van der Waals surface area contributed by atoms with E-state index in [9.17, 15) is 9.59 Å². The van der Waals surface area contributed by atoms with Crippen molar-refractivity contribution in [1.82, 2.24) is 9.55 Å². The quantitative estimate of drug-likeness (QED) is 0.836. The molecule has 2 atom stereocenters. The molecule has 1 rings (SSSR count). The van der Waals surface area contributed by atoms with E-state index in [2.05, 4.69) is 4.98 Å². The molecule has 0 bridgehead atoms. The molecular weight excluding hydrogens is 294 g/mol. The maximum atomic E-state index is 12.5. The Morgan fingerprint density at radius 2 is 1.78 bits per heavy atom. The summed E-state index contributed by atoms with van der Waals surface area (Å²) in [7, 11) is 1.85. The van der Waals surface area contributed by atoms with Crippen LogP contribution >= 0.6 is 0 Å². The van der Waals surface area contributed by atoms with Gasteiger partial charge in [-0.1, -0.05) is 20.8 Å². The third-order valence-electron chi connectivity index (χ3n) is 3.48. The molecule has 0 fully saturated rings. The summed E-state index contributed by atoms with van der Waals surface area (Å²) in [4.78, 5) is 29.0. The van der Waals surface area contributed by atoms with Gasteiger partial charge in [0, 0.05) is 25.1 Å². The first-order chi connectivity index (χ1) is 10.3. The predicted octanol–water partition coefficient (Wildman–Crippen LogP) is 1.86. The third-order valence-corrected chi connectivity index (χ3v) is 3.48. The highest BCUT2D eigenvalue weighted by Crippen LogP contribution is 2.22. The Bertz CT molecular complexity index is 564. The number of aromatic nitrogens is 2. The first-order valence-corrected chi connectivity index (χ1v) is 7.80. The second-order valence-corrected chi connectivity index (χ2v) is 8.07. The molecule has 0 saturated carbocycles. The van der Waals surface area contributed by atoms with Crippen LogP contribution in [0.1, 0.15) is 47.2 Å². The Morgan fingerprint density at radius 3 is 2.17 bits per heavy atom. The van der Waals surface area contributed by atoms with E-state index in [4.69, 9.17) is 10.5 Å². The summed E-state index contributed by atoms with van der Waals surface area (Å²) in [6.07, 6.45) is 3.07. The Labute approximate surface area is 138 Å². The van der Waals surface area contributed by atoms with Gasteiger partial charge in [-0.15, -0.1) is 0 Å². The van der Waals surface area contributed by atoms with Crippen LogP contribution in [0, 0.1) is 10.8 Å². The zero-order valence-electron chi connectivity index (χ0n) is 15.2. The number of rotatable bonds is 5. The lowest BCUT2D eigenvalue weighted by Crippen LogP contribution is -2.50. The van der Waals surface area contributed by atoms with E-state index in [1.54, 1.807) is 52.4 Å². The molecule has 0 aliphatic carbocycles. The molecule has 1 heterocycles. The predicted molar refractivity (Wildman–Crippen MR) is 88.7 cm³/mol. The monoisotopic (exact) mass is 323 g/mol. The van der Waals surface area contributed by atoms with Gasteiger partial charge < -0.3 is 15.0 Å². The number of hydrogen-bond acceptors (Lipinski definition) is 5.